The lowest BCUT2D eigenvalue weighted by Crippen LogP contribution is -2.48. The quantitative estimate of drug-likeness (QED) is 0.158. The Balaban J connectivity index is 1.08. The van der Waals surface area contributed by atoms with Crippen molar-refractivity contribution in [3.05, 3.63) is 0 Å². The van der Waals surface area contributed by atoms with Crippen LogP contribution >= 0.6 is 0 Å². The van der Waals surface area contributed by atoms with Crippen LogP contribution in [-0.4, -0.2) is 71.0 Å². The van der Waals surface area contributed by atoms with E-state index in [9.17, 15) is 15.3 Å². The van der Waals surface area contributed by atoms with Gasteiger partial charge in [-0.25, -0.2) is 0 Å². The molecule has 6 rings (SSSR count). The monoisotopic (exact) mass is 679 g/mol. The average molecular weight is 679 g/mol. The van der Waals surface area contributed by atoms with Crippen molar-refractivity contribution in [2.24, 2.45) is 23.7 Å². The molecule has 6 saturated carbocycles. The Bertz CT molecular complexity index is 872. The van der Waals surface area contributed by atoms with Crippen LogP contribution in [0.5, 0.6) is 0 Å². The number of ether oxygens (including phenoxy) is 5. The summed E-state index contributed by atoms with van der Waals surface area (Å²) in [6.45, 7) is 0. The van der Waals surface area contributed by atoms with Gasteiger partial charge in [-0.1, -0.05) is 77.0 Å². The molecule has 0 radical (unpaired) electrons. The first-order valence-corrected chi connectivity index (χ1v) is 20.8. The molecule has 278 valence electrons. The molecule has 0 aromatic rings. The maximum Gasteiger partial charge on any atom is 0.161 e. The predicted molar refractivity (Wildman–Crippen MR) is 185 cm³/mol. The van der Waals surface area contributed by atoms with Gasteiger partial charge < -0.3 is 39.0 Å². The molecular formula is C40H70O8. The topological polar surface area (TPSA) is 107 Å². The molecule has 0 spiro atoms. The molecule has 0 heterocycles. The fourth-order valence-corrected chi connectivity index (χ4v) is 9.98. The SMILES string of the molecule is OC(OC1CCC(OC(OC2CC(OC(O)C3CCCCC3)CCC2OC(O)C2CCCCC2)C2CCCCC2)CC1)C1CCCCC1. The molecular weight excluding hydrogens is 608 g/mol. The molecule has 7 unspecified atom stereocenters. The second kappa shape index (κ2) is 19.5. The van der Waals surface area contributed by atoms with E-state index in [1.165, 1.54) is 64.2 Å². The van der Waals surface area contributed by atoms with E-state index < -0.39 is 18.9 Å². The Morgan fingerprint density at radius 1 is 0.312 bits per heavy atom. The molecule has 6 aliphatic carbocycles. The van der Waals surface area contributed by atoms with Gasteiger partial charge in [-0.15, -0.1) is 0 Å². The van der Waals surface area contributed by atoms with E-state index >= 15 is 0 Å². The van der Waals surface area contributed by atoms with Gasteiger partial charge in [-0.3, -0.25) is 0 Å². The summed E-state index contributed by atoms with van der Waals surface area (Å²) in [4.78, 5) is 0. The third-order valence-corrected chi connectivity index (χ3v) is 13.1. The molecule has 7 atom stereocenters. The minimum Gasteiger partial charge on any atom is -0.368 e. The van der Waals surface area contributed by atoms with Crippen molar-refractivity contribution < 1.29 is 39.0 Å². The summed E-state index contributed by atoms with van der Waals surface area (Å²) >= 11 is 0. The van der Waals surface area contributed by atoms with E-state index in [-0.39, 0.29) is 54.6 Å². The summed E-state index contributed by atoms with van der Waals surface area (Å²) in [5.41, 5.74) is 0. The first-order chi connectivity index (χ1) is 23.5. The third kappa shape index (κ3) is 11.1. The number of hydrogen-bond donors (Lipinski definition) is 3. The van der Waals surface area contributed by atoms with E-state index in [0.717, 1.165) is 103 Å². The summed E-state index contributed by atoms with van der Waals surface area (Å²) in [7, 11) is 0. The number of aliphatic hydroxyl groups excluding tert-OH is 3. The molecule has 0 amide bonds. The van der Waals surface area contributed by atoms with Crippen LogP contribution in [0.4, 0.5) is 0 Å². The highest BCUT2D eigenvalue weighted by Gasteiger charge is 2.41. The summed E-state index contributed by atoms with van der Waals surface area (Å²) in [5, 5.41) is 33.1. The van der Waals surface area contributed by atoms with Crippen LogP contribution in [0.25, 0.3) is 0 Å². The lowest BCUT2D eigenvalue weighted by atomic mass is 9.86. The maximum atomic E-state index is 11.2. The fraction of sp³-hybridized carbons (Fsp3) is 1.00. The van der Waals surface area contributed by atoms with Crippen LogP contribution in [0, 0.1) is 23.7 Å². The maximum absolute atomic E-state index is 11.2. The Morgan fingerprint density at radius 2 is 0.688 bits per heavy atom. The molecule has 6 aliphatic rings. The predicted octanol–water partition coefficient (Wildman–Crippen LogP) is 8.27. The van der Waals surface area contributed by atoms with Crippen molar-refractivity contribution in [2.75, 3.05) is 0 Å². The highest BCUT2D eigenvalue weighted by Crippen LogP contribution is 2.38. The van der Waals surface area contributed by atoms with Crippen molar-refractivity contribution in [2.45, 2.75) is 229 Å². The van der Waals surface area contributed by atoms with Gasteiger partial charge >= 0.3 is 0 Å². The second-order valence-electron chi connectivity index (χ2n) is 16.7. The number of aliphatic hydroxyl groups is 3. The van der Waals surface area contributed by atoms with Crippen LogP contribution in [-0.2, 0) is 23.7 Å². The van der Waals surface area contributed by atoms with E-state index in [4.69, 9.17) is 23.7 Å². The van der Waals surface area contributed by atoms with E-state index in [2.05, 4.69) is 0 Å². The van der Waals surface area contributed by atoms with Gasteiger partial charge in [0.25, 0.3) is 0 Å². The first-order valence-electron chi connectivity index (χ1n) is 20.8. The molecule has 3 N–H and O–H groups in total. The van der Waals surface area contributed by atoms with Crippen LogP contribution in [0.2, 0.25) is 0 Å². The van der Waals surface area contributed by atoms with E-state index in [1.807, 2.05) is 0 Å². The molecule has 0 aromatic heterocycles. The summed E-state index contributed by atoms with van der Waals surface area (Å²) < 4.78 is 33.1. The zero-order valence-corrected chi connectivity index (χ0v) is 30.0. The zero-order valence-electron chi connectivity index (χ0n) is 30.0. The summed E-state index contributed by atoms with van der Waals surface area (Å²) in [6, 6.07) is 0. The van der Waals surface area contributed by atoms with Crippen molar-refractivity contribution in [3.8, 4) is 0 Å². The average Bonchev–Trinajstić information content (AvgIpc) is 3.14. The molecule has 8 heteroatoms. The van der Waals surface area contributed by atoms with E-state index in [0.29, 0.717) is 12.3 Å². The second-order valence-corrected chi connectivity index (χ2v) is 16.7. The van der Waals surface area contributed by atoms with Crippen LogP contribution in [0.1, 0.15) is 173 Å². The van der Waals surface area contributed by atoms with Gasteiger partial charge in [0.2, 0.25) is 0 Å². The van der Waals surface area contributed by atoms with Gasteiger partial charge in [0, 0.05) is 30.1 Å². The standard InChI is InChI=1S/C40H70O8/c41-37(28-13-5-1-6-14-28)44-32-21-23-33(24-22-32)46-40(31-19-11-4-12-20-31)48-36-27-34(45-38(42)29-15-7-2-8-16-29)25-26-35(36)47-39(43)30-17-9-3-10-18-30/h28-43H,1-27H2. The van der Waals surface area contributed by atoms with Gasteiger partial charge in [-0.2, -0.15) is 0 Å². The minimum atomic E-state index is -0.764. The van der Waals surface area contributed by atoms with Gasteiger partial charge in [-0.05, 0) is 89.9 Å². The highest BCUT2D eigenvalue weighted by atomic mass is 16.7. The summed E-state index contributed by atoms with van der Waals surface area (Å²) in [5.74, 6) is 1.05. The van der Waals surface area contributed by atoms with Crippen molar-refractivity contribution in [1.29, 1.82) is 0 Å². The molecule has 0 aliphatic heterocycles. The van der Waals surface area contributed by atoms with Gasteiger partial charge in [0.15, 0.2) is 25.2 Å². The van der Waals surface area contributed by atoms with Crippen LogP contribution in [0.3, 0.4) is 0 Å². The molecule has 6 fully saturated rings. The third-order valence-electron chi connectivity index (χ3n) is 13.1. The Kier molecular flexibility index (Phi) is 15.2. The molecule has 8 nitrogen and oxygen atoms in total. The van der Waals surface area contributed by atoms with Crippen LogP contribution < -0.4 is 0 Å². The van der Waals surface area contributed by atoms with Crippen molar-refractivity contribution in [3.63, 3.8) is 0 Å². The first kappa shape index (κ1) is 37.4. The normalized spacial score (nSPS) is 35.2. The Hall–Kier alpha value is -0.320. The minimum absolute atomic E-state index is 0.0891. The van der Waals surface area contributed by atoms with Gasteiger partial charge in [0.05, 0.1) is 30.5 Å². The van der Waals surface area contributed by atoms with Crippen molar-refractivity contribution in [1.82, 2.24) is 0 Å². The van der Waals surface area contributed by atoms with E-state index in [1.54, 1.807) is 0 Å². The lowest BCUT2D eigenvalue weighted by Gasteiger charge is -2.43. The highest BCUT2D eigenvalue weighted by molar-refractivity contribution is 4.87. The Labute approximate surface area is 291 Å². The molecule has 0 bridgehead atoms. The largest absolute Gasteiger partial charge is 0.368 e. The number of rotatable bonds is 14. The zero-order chi connectivity index (χ0) is 33.1. The van der Waals surface area contributed by atoms with Gasteiger partial charge in [0.1, 0.15) is 0 Å². The van der Waals surface area contributed by atoms with Crippen molar-refractivity contribution >= 4 is 0 Å². The number of hydrogen-bond acceptors (Lipinski definition) is 8. The lowest BCUT2D eigenvalue weighted by molar-refractivity contribution is -0.283. The molecule has 0 saturated heterocycles. The Morgan fingerprint density at radius 3 is 1.17 bits per heavy atom. The molecule has 0 aromatic carbocycles. The summed E-state index contributed by atoms with van der Waals surface area (Å²) in [6.07, 6.45) is 26.1. The molecule has 48 heavy (non-hydrogen) atoms. The van der Waals surface area contributed by atoms with Crippen LogP contribution in [0.15, 0.2) is 0 Å². The smallest absolute Gasteiger partial charge is 0.161 e. The fourth-order valence-electron chi connectivity index (χ4n) is 9.98.